The van der Waals surface area contributed by atoms with E-state index in [0.29, 0.717) is 5.56 Å². The van der Waals surface area contributed by atoms with E-state index in [1.165, 1.54) is 51.4 Å². The number of rotatable bonds is 15. The van der Waals surface area contributed by atoms with Crippen molar-refractivity contribution >= 4 is 11.4 Å². The van der Waals surface area contributed by atoms with Crippen molar-refractivity contribution in [3.8, 4) is 11.8 Å². The quantitative estimate of drug-likeness (QED) is 0.175. The van der Waals surface area contributed by atoms with Crippen molar-refractivity contribution in [1.82, 2.24) is 4.57 Å². The molecule has 0 fully saturated rings. The Morgan fingerprint density at radius 2 is 1.18 bits per heavy atom. The Kier molecular flexibility index (Phi) is 10.8. The zero-order chi connectivity index (χ0) is 23.0. The summed E-state index contributed by atoms with van der Waals surface area (Å²) in [5.74, 6) is 0.868. The number of hydrogen-bond acceptors (Lipinski definition) is 4. The lowest BCUT2D eigenvalue weighted by molar-refractivity contribution is 0.304. The number of ether oxygens (including phenoxy) is 1. The first-order valence-corrected chi connectivity index (χ1v) is 12.1. The van der Waals surface area contributed by atoms with Crippen LogP contribution in [0, 0.1) is 11.3 Å². The molecule has 33 heavy (non-hydrogen) atoms. The average Bonchev–Trinajstić information content (AvgIpc) is 3.38. The molecule has 2 aromatic carbocycles. The van der Waals surface area contributed by atoms with E-state index in [1.807, 2.05) is 24.3 Å². The van der Waals surface area contributed by atoms with Crippen LogP contribution in [0.25, 0.3) is 0 Å². The van der Waals surface area contributed by atoms with Crippen LogP contribution in [0.5, 0.6) is 5.75 Å². The lowest BCUT2D eigenvalue weighted by Gasteiger charge is -2.06. The number of benzene rings is 2. The summed E-state index contributed by atoms with van der Waals surface area (Å²) in [4.78, 5) is 0. The van der Waals surface area contributed by atoms with E-state index < -0.39 is 0 Å². The van der Waals surface area contributed by atoms with Gasteiger partial charge in [-0.25, -0.2) is 0 Å². The fraction of sp³-hybridized carbons (Fsp3) is 0.393. The summed E-state index contributed by atoms with van der Waals surface area (Å²) in [5.41, 5.74) is 2.11. The maximum atomic E-state index is 8.83. The molecule has 0 amide bonds. The van der Waals surface area contributed by atoms with Crippen molar-refractivity contribution in [2.45, 2.75) is 64.3 Å². The van der Waals surface area contributed by atoms with Gasteiger partial charge in [-0.3, -0.25) is 0 Å². The highest BCUT2D eigenvalue weighted by Crippen LogP contribution is 2.22. The molecule has 0 saturated carbocycles. The molecule has 3 rings (SSSR count). The van der Waals surface area contributed by atoms with Gasteiger partial charge < -0.3 is 9.30 Å². The smallest absolute Gasteiger partial charge is 0.119 e. The van der Waals surface area contributed by atoms with Gasteiger partial charge in [0.15, 0.2) is 0 Å². The molecule has 0 N–H and O–H groups in total. The van der Waals surface area contributed by atoms with Crippen molar-refractivity contribution in [3.05, 3.63) is 78.6 Å². The molecular formula is C28H34N4O. The normalized spacial score (nSPS) is 11.0. The molecular weight excluding hydrogens is 408 g/mol. The van der Waals surface area contributed by atoms with Gasteiger partial charge in [-0.05, 0) is 73.5 Å². The van der Waals surface area contributed by atoms with Crippen molar-refractivity contribution in [2.24, 2.45) is 10.2 Å². The third kappa shape index (κ3) is 9.74. The predicted octanol–water partition coefficient (Wildman–Crippen LogP) is 8.37. The number of unbranched alkanes of at least 4 members (excludes halogenated alkanes) is 8. The van der Waals surface area contributed by atoms with Crippen molar-refractivity contribution in [3.63, 3.8) is 0 Å². The number of nitriles is 1. The summed E-state index contributed by atoms with van der Waals surface area (Å²) in [6, 6.07) is 21.0. The van der Waals surface area contributed by atoms with Crippen LogP contribution >= 0.6 is 0 Å². The second kappa shape index (κ2) is 14.6. The van der Waals surface area contributed by atoms with Gasteiger partial charge >= 0.3 is 0 Å². The molecule has 0 aliphatic rings. The molecule has 0 saturated heterocycles. The van der Waals surface area contributed by atoms with Gasteiger partial charge in [-0.2, -0.15) is 15.5 Å². The van der Waals surface area contributed by atoms with E-state index in [2.05, 4.69) is 45.4 Å². The minimum absolute atomic E-state index is 0.616. The number of azo groups is 1. The summed E-state index contributed by atoms with van der Waals surface area (Å²) >= 11 is 0. The van der Waals surface area contributed by atoms with E-state index in [0.717, 1.165) is 36.7 Å². The maximum absolute atomic E-state index is 8.83. The van der Waals surface area contributed by atoms with Gasteiger partial charge in [0.25, 0.3) is 0 Å². The Labute approximate surface area is 197 Å². The minimum Gasteiger partial charge on any atom is -0.494 e. The van der Waals surface area contributed by atoms with E-state index in [1.54, 1.807) is 24.3 Å². The van der Waals surface area contributed by atoms with Gasteiger partial charge in [0.05, 0.1) is 29.6 Å². The van der Waals surface area contributed by atoms with Crippen LogP contribution in [-0.2, 0) is 6.54 Å². The van der Waals surface area contributed by atoms with Gasteiger partial charge in [0, 0.05) is 18.9 Å². The van der Waals surface area contributed by atoms with Crippen LogP contribution in [-0.4, -0.2) is 11.2 Å². The van der Waals surface area contributed by atoms with Crippen LogP contribution in [0.4, 0.5) is 11.4 Å². The van der Waals surface area contributed by atoms with Gasteiger partial charge in [0.2, 0.25) is 0 Å². The maximum Gasteiger partial charge on any atom is 0.119 e. The molecule has 0 spiro atoms. The zero-order valence-corrected chi connectivity index (χ0v) is 19.4. The highest BCUT2D eigenvalue weighted by atomic mass is 16.5. The average molecular weight is 443 g/mol. The lowest BCUT2D eigenvalue weighted by Crippen LogP contribution is -1.97. The summed E-state index contributed by atoms with van der Waals surface area (Å²) < 4.78 is 8.11. The second-order valence-electron chi connectivity index (χ2n) is 8.30. The minimum atomic E-state index is 0.616. The summed E-state index contributed by atoms with van der Waals surface area (Å²) in [7, 11) is 0. The van der Waals surface area contributed by atoms with Gasteiger partial charge in [0.1, 0.15) is 5.75 Å². The van der Waals surface area contributed by atoms with Crippen molar-refractivity contribution < 1.29 is 4.74 Å². The Hall–Kier alpha value is -3.39. The lowest BCUT2D eigenvalue weighted by atomic mass is 10.1. The number of aromatic nitrogens is 1. The van der Waals surface area contributed by atoms with E-state index in [9.17, 15) is 0 Å². The standard InChI is InChI=1S/C28H34N4O/c29-24-25-12-14-26(15-13-25)30-31-27-16-18-28(19-17-27)33-23-11-7-5-3-1-2-4-6-8-20-32-21-9-10-22-32/h9-10,12-19,21-22H,1-8,11,20,23H2. The highest BCUT2D eigenvalue weighted by Gasteiger charge is 1.98. The largest absolute Gasteiger partial charge is 0.494 e. The molecule has 1 aromatic heterocycles. The molecule has 0 atom stereocenters. The first-order chi connectivity index (χ1) is 16.3. The number of hydrogen-bond donors (Lipinski definition) is 0. The Morgan fingerprint density at radius 3 is 1.76 bits per heavy atom. The first-order valence-electron chi connectivity index (χ1n) is 12.1. The molecule has 1 heterocycles. The fourth-order valence-electron chi connectivity index (χ4n) is 3.67. The predicted molar refractivity (Wildman–Crippen MR) is 133 cm³/mol. The van der Waals surface area contributed by atoms with Crippen LogP contribution in [0.3, 0.4) is 0 Å². The second-order valence-corrected chi connectivity index (χ2v) is 8.30. The molecule has 172 valence electrons. The SMILES string of the molecule is N#Cc1ccc(N=Nc2ccc(OCCCCCCCCCCCn3cccc3)cc2)cc1. The molecule has 0 aliphatic carbocycles. The van der Waals surface area contributed by atoms with Gasteiger partial charge in [-0.15, -0.1) is 0 Å². The summed E-state index contributed by atoms with van der Waals surface area (Å²) in [6.07, 6.45) is 15.9. The molecule has 0 bridgehead atoms. The van der Waals surface area contributed by atoms with Gasteiger partial charge in [-0.1, -0.05) is 44.9 Å². The van der Waals surface area contributed by atoms with Crippen molar-refractivity contribution in [2.75, 3.05) is 6.61 Å². The first kappa shape index (κ1) is 24.3. The summed E-state index contributed by atoms with van der Waals surface area (Å²) in [6.45, 7) is 1.91. The number of aryl methyl sites for hydroxylation is 1. The zero-order valence-electron chi connectivity index (χ0n) is 19.4. The van der Waals surface area contributed by atoms with Crippen LogP contribution in [0.15, 0.2) is 83.3 Å². The Balaban J connectivity index is 1.18. The van der Waals surface area contributed by atoms with E-state index in [-0.39, 0.29) is 0 Å². The third-order valence-corrected chi connectivity index (χ3v) is 5.61. The van der Waals surface area contributed by atoms with Crippen LogP contribution < -0.4 is 4.74 Å². The fourth-order valence-corrected chi connectivity index (χ4v) is 3.67. The topological polar surface area (TPSA) is 62.7 Å². The number of nitrogens with zero attached hydrogens (tertiary/aromatic N) is 4. The van der Waals surface area contributed by atoms with Crippen LogP contribution in [0.2, 0.25) is 0 Å². The molecule has 0 radical (unpaired) electrons. The van der Waals surface area contributed by atoms with Crippen molar-refractivity contribution in [1.29, 1.82) is 5.26 Å². The Morgan fingerprint density at radius 1 is 0.667 bits per heavy atom. The monoisotopic (exact) mass is 442 g/mol. The van der Waals surface area contributed by atoms with Crippen LogP contribution in [0.1, 0.15) is 63.4 Å². The molecule has 5 heteroatoms. The molecule has 3 aromatic rings. The molecule has 0 unspecified atom stereocenters. The van der Waals surface area contributed by atoms with E-state index in [4.69, 9.17) is 10.00 Å². The molecule has 0 aliphatic heterocycles. The third-order valence-electron chi connectivity index (χ3n) is 5.61. The van der Waals surface area contributed by atoms with E-state index >= 15 is 0 Å². The Bertz CT molecular complexity index is 970. The summed E-state index contributed by atoms with van der Waals surface area (Å²) in [5, 5.41) is 17.3. The molecule has 5 nitrogen and oxygen atoms in total. The highest BCUT2D eigenvalue weighted by molar-refractivity contribution is 5.44.